The molecule has 5 heteroatoms. The van der Waals surface area contributed by atoms with Crippen molar-refractivity contribution in [3.8, 4) is 0 Å². The van der Waals surface area contributed by atoms with Gasteiger partial charge < -0.3 is 4.57 Å². The van der Waals surface area contributed by atoms with Gasteiger partial charge in [0.25, 0.3) is 0 Å². The molecule has 1 aromatic rings. The van der Waals surface area contributed by atoms with Gasteiger partial charge >= 0.3 is 0 Å². The molecule has 0 amide bonds. The Bertz CT molecular complexity index is 369. The van der Waals surface area contributed by atoms with Crippen LogP contribution >= 0.6 is 11.8 Å². The van der Waals surface area contributed by atoms with Crippen LogP contribution in [0.4, 0.5) is 0 Å². The van der Waals surface area contributed by atoms with E-state index in [0.29, 0.717) is 6.42 Å². The quantitative estimate of drug-likeness (QED) is 0.710. The summed E-state index contributed by atoms with van der Waals surface area (Å²) < 4.78 is 1.84. The maximum Gasteiger partial charge on any atom is 0.195 e. The number of ketones is 1. The third kappa shape index (κ3) is 1.80. The third-order valence-electron chi connectivity index (χ3n) is 1.83. The molecule has 0 N–H and O–H groups in total. The zero-order chi connectivity index (χ0) is 9.26. The van der Waals surface area contributed by atoms with Crippen molar-refractivity contribution in [3.05, 3.63) is 17.3 Å². The molecule has 0 saturated heterocycles. The number of hydrogen-bond donors (Lipinski definition) is 0. The largest absolute Gasteiger partial charge is 0.312 e. The second kappa shape index (κ2) is 3.33. The number of aromatic nitrogens is 3. The smallest absolute Gasteiger partial charge is 0.195 e. The van der Waals surface area contributed by atoms with Gasteiger partial charge in [-0.15, -0.1) is 10.2 Å². The third-order valence-corrected chi connectivity index (χ3v) is 2.97. The van der Waals surface area contributed by atoms with Gasteiger partial charge in [0.1, 0.15) is 6.33 Å². The fourth-order valence-corrected chi connectivity index (χ4v) is 2.04. The fourth-order valence-electron chi connectivity index (χ4n) is 1.13. The summed E-state index contributed by atoms with van der Waals surface area (Å²) in [6, 6.07) is 0. The first-order valence-electron chi connectivity index (χ1n) is 4.01. The molecule has 0 saturated carbocycles. The predicted molar refractivity (Wildman–Crippen MR) is 49.2 cm³/mol. The molecular weight excluding hydrogens is 186 g/mol. The molecule has 0 radical (unpaired) electrons. The molecule has 0 aliphatic heterocycles. The van der Waals surface area contributed by atoms with Gasteiger partial charge in [-0.05, 0) is 17.4 Å². The minimum atomic E-state index is 0.213. The zero-order valence-electron chi connectivity index (χ0n) is 7.23. The van der Waals surface area contributed by atoms with E-state index in [1.807, 2.05) is 11.6 Å². The van der Waals surface area contributed by atoms with Crippen LogP contribution in [0, 0.1) is 0 Å². The lowest BCUT2D eigenvalue weighted by Gasteiger charge is -1.98. The summed E-state index contributed by atoms with van der Waals surface area (Å²) in [7, 11) is 1.89. The SMILES string of the molecule is Cn1cnnc1SC1=CC(=O)CC1. The average molecular weight is 195 g/mol. The number of allylic oxidation sites excluding steroid dienone is 2. The molecule has 4 nitrogen and oxygen atoms in total. The van der Waals surface area contributed by atoms with E-state index in [1.165, 1.54) is 11.8 Å². The van der Waals surface area contributed by atoms with E-state index in [1.54, 1.807) is 12.4 Å². The summed E-state index contributed by atoms with van der Waals surface area (Å²) in [6.07, 6.45) is 4.83. The van der Waals surface area contributed by atoms with Gasteiger partial charge in [0, 0.05) is 13.5 Å². The van der Waals surface area contributed by atoms with E-state index in [-0.39, 0.29) is 5.78 Å². The molecular formula is C8H9N3OS. The van der Waals surface area contributed by atoms with Gasteiger partial charge in [-0.3, -0.25) is 4.79 Å². The normalized spacial score (nSPS) is 16.4. The van der Waals surface area contributed by atoms with Crippen LogP contribution in [0.1, 0.15) is 12.8 Å². The summed E-state index contributed by atoms with van der Waals surface area (Å²) in [5.41, 5.74) is 0. The lowest BCUT2D eigenvalue weighted by molar-refractivity contribution is -0.114. The monoisotopic (exact) mass is 195 g/mol. The average Bonchev–Trinajstić information content (AvgIpc) is 2.64. The van der Waals surface area contributed by atoms with Crippen LogP contribution in [0.3, 0.4) is 0 Å². The summed E-state index contributed by atoms with van der Waals surface area (Å²) in [5.74, 6) is 0.213. The highest BCUT2D eigenvalue weighted by atomic mass is 32.2. The van der Waals surface area contributed by atoms with Gasteiger partial charge in [-0.1, -0.05) is 11.8 Å². The predicted octanol–water partition coefficient (Wildman–Crippen LogP) is 1.15. The van der Waals surface area contributed by atoms with Crippen molar-refractivity contribution in [2.24, 2.45) is 7.05 Å². The van der Waals surface area contributed by atoms with Crippen molar-refractivity contribution in [1.82, 2.24) is 14.8 Å². The van der Waals surface area contributed by atoms with E-state index in [0.717, 1.165) is 16.5 Å². The van der Waals surface area contributed by atoms with Crippen molar-refractivity contribution < 1.29 is 4.79 Å². The number of aryl methyl sites for hydroxylation is 1. The Morgan fingerprint density at radius 1 is 1.54 bits per heavy atom. The van der Waals surface area contributed by atoms with Gasteiger partial charge in [0.2, 0.25) is 0 Å². The first kappa shape index (κ1) is 8.50. The summed E-state index contributed by atoms with van der Waals surface area (Å²) in [5, 5.41) is 8.53. The molecule has 1 aliphatic carbocycles. The molecule has 0 fully saturated rings. The number of thioether (sulfide) groups is 1. The summed E-state index contributed by atoms with van der Waals surface area (Å²) in [4.78, 5) is 12.0. The molecule has 68 valence electrons. The van der Waals surface area contributed by atoms with E-state index in [2.05, 4.69) is 10.2 Å². The molecule has 0 unspecified atom stereocenters. The Balaban J connectivity index is 2.11. The number of rotatable bonds is 2. The van der Waals surface area contributed by atoms with Crippen molar-refractivity contribution in [1.29, 1.82) is 0 Å². The van der Waals surface area contributed by atoms with E-state index >= 15 is 0 Å². The highest BCUT2D eigenvalue weighted by molar-refractivity contribution is 8.03. The molecule has 0 spiro atoms. The highest BCUT2D eigenvalue weighted by Gasteiger charge is 2.14. The standard InChI is InChI=1S/C8H9N3OS/c1-11-5-9-10-8(11)13-7-3-2-6(12)4-7/h4-5H,2-3H2,1H3. The first-order valence-corrected chi connectivity index (χ1v) is 4.82. The lowest BCUT2D eigenvalue weighted by Crippen LogP contribution is -1.88. The molecule has 0 aromatic carbocycles. The van der Waals surface area contributed by atoms with Crippen molar-refractivity contribution in [3.63, 3.8) is 0 Å². The van der Waals surface area contributed by atoms with Crippen LogP contribution in [0.25, 0.3) is 0 Å². The fraction of sp³-hybridized carbons (Fsp3) is 0.375. The Morgan fingerprint density at radius 2 is 2.38 bits per heavy atom. The minimum absolute atomic E-state index is 0.213. The minimum Gasteiger partial charge on any atom is -0.312 e. The molecule has 0 atom stereocenters. The lowest BCUT2D eigenvalue weighted by atomic mass is 10.3. The van der Waals surface area contributed by atoms with Gasteiger partial charge in [0.15, 0.2) is 10.9 Å². The van der Waals surface area contributed by atoms with Gasteiger partial charge in [-0.25, -0.2) is 0 Å². The maximum atomic E-state index is 10.9. The van der Waals surface area contributed by atoms with E-state index < -0.39 is 0 Å². The second-order valence-corrected chi connectivity index (χ2v) is 4.00. The molecule has 2 rings (SSSR count). The van der Waals surface area contributed by atoms with E-state index in [4.69, 9.17) is 0 Å². The Morgan fingerprint density at radius 3 is 2.92 bits per heavy atom. The van der Waals surface area contributed by atoms with Gasteiger partial charge in [-0.2, -0.15) is 0 Å². The van der Waals surface area contributed by atoms with Crippen molar-refractivity contribution in [2.45, 2.75) is 18.0 Å². The molecule has 13 heavy (non-hydrogen) atoms. The van der Waals surface area contributed by atoms with Gasteiger partial charge in [0.05, 0.1) is 0 Å². The van der Waals surface area contributed by atoms with Crippen LogP contribution in [0.15, 0.2) is 22.5 Å². The Kier molecular flexibility index (Phi) is 2.18. The molecule has 1 aromatic heterocycles. The number of nitrogens with zero attached hydrogens (tertiary/aromatic N) is 3. The number of carbonyl (C=O) groups is 1. The maximum absolute atomic E-state index is 10.9. The summed E-state index contributed by atoms with van der Waals surface area (Å²) >= 11 is 1.52. The van der Waals surface area contributed by atoms with Crippen LogP contribution in [-0.4, -0.2) is 20.5 Å². The summed E-state index contributed by atoms with van der Waals surface area (Å²) in [6.45, 7) is 0. The highest BCUT2D eigenvalue weighted by Crippen LogP contribution is 2.31. The van der Waals surface area contributed by atoms with Crippen LogP contribution in [0.5, 0.6) is 0 Å². The molecule has 0 bridgehead atoms. The van der Waals surface area contributed by atoms with Crippen LogP contribution in [0.2, 0.25) is 0 Å². The zero-order valence-corrected chi connectivity index (χ0v) is 8.04. The Hall–Kier alpha value is -1.10. The van der Waals surface area contributed by atoms with Crippen LogP contribution in [-0.2, 0) is 11.8 Å². The molecule has 1 heterocycles. The van der Waals surface area contributed by atoms with Crippen molar-refractivity contribution in [2.75, 3.05) is 0 Å². The van der Waals surface area contributed by atoms with Crippen LogP contribution < -0.4 is 0 Å². The topological polar surface area (TPSA) is 47.8 Å². The Labute approximate surface area is 80.0 Å². The van der Waals surface area contributed by atoms with E-state index in [9.17, 15) is 4.79 Å². The number of carbonyl (C=O) groups excluding carboxylic acids is 1. The second-order valence-electron chi connectivity index (χ2n) is 2.90. The number of hydrogen-bond acceptors (Lipinski definition) is 4. The molecule has 1 aliphatic rings. The van der Waals surface area contributed by atoms with Crippen molar-refractivity contribution >= 4 is 17.5 Å². The first-order chi connectivity index (χ1) is 6.25.